The molecule has 0 atom stereocenters. The topological polar surface area (TPSA) is 56.1 Å². The van der Waals surface area contributed by atoms with Gasteiger partial charge in [0.15, 0.2) is 0 Å². The molecule has 0 unspecified atom stereocenters. The highest BCUT2D eigenvalue weighted by Gasteiger charge is 2.24. The van der Waals surface area contributed by atoms with Crippen molar-refractivity contribution in [3.8, 4) is 0 Å². The number of fused-ring (bicyclic) bond motifs is 1. The van der Waals surface area contributed by atoms with E-state index in [1.54, 1.807) is 11.6 Å². The van der Waals surface area contributed by atoms with E-state index < -0.39 is 0 Å². The number of aryl methyl sites for hydroxylation is 1. The van der Waals surface area contributed by atoms with Crippen LogP contribution in [0, 0.1) is 0 Å². The van der Waals surface area contributed by atoms with E-state index in [-0.39, 0.29) is 5.97 Å². The number of halogens is 1. The summed E-state index contributed by atoms with van der Waals surface area (Å²) in [5.74, 6) is 0.423. The molecular weight excluding hydrogens is 262 g/mol. The molecule has 15 heavy (non-hydrogen) atoms. The molecule has 0 saturated heterocycles. The van der Waals surface area contributed by atoms with Crippen molar-refractivity contribution in [1.29, 1.82) is 0 Å². The summed E-state index contributed by atoms with van der Waals surface area (Å²) in [6.45, 7) is 3.86. The van der Waals surface area contributed by atoms with Crippen molar-refractivity contribution in [3.63, 3.8) is 0 Å². The fraction of sp³-hybridized carbons (Fsp3) is 0.556. The number of ether oxygens (including phenoxy) is 1. The highest BCUT2D eigenvalue weighted by Crippen LogP contribution is 2.27. The van der Waals surface area contributed by atoms with Crippen molar-refractivity contribution in [1.82, 2.24) is 9.78 Å². The fourth-order valence-corrected chi connectivity index (χ4v) is 2.14. The van der Waals surface area contributed by atoms with Crippen LogP contribution in [-0.2, 0) is 11.3 Å². The van der Waals surface area contributed by atoms with Gasteiger partial charge < -0.3 is 10.1 Å². The van der Waals surface area contributed by atoms with Gasteiger partial charge in [-0.1, -0.05) is 0 Å². The minimum atomic E-state index is -0.333. The Hall–Kier alpha value is -1.04. The van der Waals surface area contributed by atoms with Crippen LogP contribution in [0.25, 0.3) is 0 Å². The Morgan fingerprint density at radius 2 is 2.53 bits per heavy atom. The molecule has 1 N–H and O–H groups in total. The molecule has 0 aromatic carbocycles. The summed E-state index contributed by atoms with van der Waals surface area (Å²) in [7, 11) is 0. The number of nitrogens with one attached hydrogen (secondary N) is 1. The summed E-state index contributed by atoms with van der Waals surface area (Å²) in [4.78, 5) is 11.7. The van der Waals surface area contributed by atoms with Crippen molar-refractivity contribution in [2.45, 2.75) is 19.9 Å². The van der Waals surface area contributed by atoms with Crippen LogP contribution in [0.3, 0.4) is 0 Å². The zero-order chi connectivity index (χ0) is 10.8. The molecule has 2 heterocycles. The number of anilines is 1. The molecule has 2 rings (SSSR count). The average Bonchev–Trinajstić information content (AvgIpc) is 2.54. The first kappa shape index (κ1) is 10.5. The molecule has 82 valence electrons. The van der Waals surface area contributed by atoms with Gasteiger partial charge in [0.25, 0.3) is 0 Å². The van der Waals surface area contributed by atoms with E-state index >= 15 is 0 Å². The standard InChI is InChI=1S/C9H12BrN3O2/c1-2-15-9(14)6-7(10)12-13-5-3-4-11-8(6)13/h11H,2-5H2,1H3. The Kier molecular flexibility index (Phi) is 2.95. The zero-order valence-electron chi connectivity index (χ0n) is 8.42. The molecule has 1 aromatic heterocycles. The molecule has 1 aliphatic rings. The lowest BCUT2D eigenvalue weighted by Gasteiger charge is -2.16. The number of carbonyl (C=O) groups excluding carboxylic acids is 1. The van der Waals surface area contributed by atoms with Crippen molar-refractivity contribution in [2.75, 3.05) is 18.5 Å². The van der Waals surface area contributed by atoms with Crippen LogP contribution in [-0.4, -0.2) is 28.9 Å². The van der Waals surface area contributed by atoms with Crippen molar-refractivity contribution >= 4 is 27.7 Å². The van der Waals surface area contributed by atoms with Crippen LogP contribution in [0.2, 0.25) is 0 Å². The van der Waals surface area contributed by atoms with Gasteiger partial charge in [-0.3, -0.25) is 0 Å². The number of carbonyl (C=O) groups is 1. The third kappa shape index (κ3) is 1.86. The van der Waals surface area contributed by atoms with Gasteiger partial charge in [0.1, 0.15) is 16.0 Å². The fourth-order valence-electron chi connectivity index (χ4n) is 1.59. The summed E-state index contributed by atoms with van der Waals surface area (Å²) < 4.78 is 7.31. The average molecular weight is 274 g/mol. The van der Waals surface area contributed by atoms with Crippen molar-refractivity contribution < 1.29 is 9.53 Å². The first-order chi connectivity index (χ1) is 7.24. The Balaban J connectivity index is 2.37. The Bertz CT molecular complexity index is 389. The minimum absolute atomic E-state index is 0.333. The molecule has 0 aliphatic carbocycles. The maximum atomic E-state index is 11.7. The second-order valence-corrected chi connectivity index (χ2v) is 3.99. The monoisotopic (exact) mass is 273 g/mol. The van der Waals surface area contributed by atoms with Gasteiger partial charge in [-0.15, -0.1) is 0 Å². The van der Waals surface area contributed by atoms with Crippen molar-refractivity contribution in [2.24, 2.45) is 0 Å². The Morgan fingerprint density at radius 1 is 1.73 bits per heavy atom. The molecule has 0 amide bonds. The largest absolute Gasteiger partial charge is 0.462 e. The second-order valence-electron chi connectivity index (χ2n) is 3.24. The first-order valence-corrected chi connectivity index (χ1v) is 5.70. The lowest BCUT2D eigenvalue weighted by molar-refractivity contribution is 0.0526. The molecule has 6 heteroatoms. The summed E-state index contributed by atoms with van der Waals surface area (Å²) in [6.07, 6.45) is 1.02. The summed E-state index contributed by atoms with van der Waals surface area (Å²) in [6, 6.07) is 0. The molecule has 0 bridgehead atoms. The van der Waals surface area contributed by atoms with Gasteiger partial charge >= 0.3 is 5.97 Å². The minimum Gasteiger partial charge on any atom is -0.462 e. The molecule has 0 fully saturated rings. The Labute approximate surface area is 95.9 Å². The third-order valence-corrected chi connectivity index (χ3v) is 2.78. The molecule has 0 saturated carbocycles. The number of hydrogen-bond donors (Lipinski definition) is 1. The third-order valence-electron chi connectivity index (χ3n) is 2.23. The van der Waals surface area contributed by atoms with Gasteiger partial charge in [0.05, 0.1) is 6.61 Å². The number of esters is 1. The van der Waals surface area contributed by atoms with E-state index in [1.807, 2.05) is 0 Å². The maximum absolute atomic E-state index is 11.7. The van der Waals surface area contributed by atoms with Gasteiger partial charge in [-0.05, 0) is 29.3 Å². The van der Waals surface area contributed by atoms with Gasteiger partial charge in [-0.25, -0.2) is 9.48 Å². The summed E-state index contributed by atoms with van der Waals surface area (Å²) in [5, 5.41) is 7.39. The molecule has 5 nitrogen and oxygen atoms in total. The molecule has 1 aromatic rings. The van der Waals surface area contributed by atoms with Crippen LogP contribution >= 0.6 is 15.9 Å². The maximum Gasteiger partial charge on any atom is 0.344 e. The molecular formula is C9H12BrN3O2. The van der Waals surface area contributed by atoms with E-state index in [0.29, 0.717) is 16.8 Å². The SMILES string of the molecule is CCOC(=O)c1c(Br)nn2c1NCCC2. The van der Waals surface area contributed by atoms with E-state index in [2.05, 4.69) is 26.3 Å². The van der Waals surface area contributed by atoms with Gasteiger partial charge in [-0.2, -0.15) is 5.10 Å². The molecule has 1 aliphatic heterocycles. The summed E-state index contributed by atoms with van der Waals surface area (Å²) in [5.41, 5.74) is 0.497. The first-order valence-electron chi connectivity index (χ1n) is 4.91. The quantitative estimate of drug-likeness (QED) is 0.833. The van der Waals surface area contributed by atoms with E-state index in [4.69, 9.17) is 4.74 Å². The number of nitrogens with zero attached hydrogens (tertiary/aromatic N) is 2. The number of hydrogen-bond acceptors (Lipinski definition) is 4. The lowest BCUT2D eigenvalue weighted by Crippen LogP contribution is -2.19. The Morgan fingerprint density at radius 3 is 3.27 bits per heavy atom. The van der Waals surface area contributed by atoms with Crippen LogP contribution in [0.1, 0.15) is 23.7 Å². The number of aromatic nitrogens is 2. The van der Waals surface area contributed by atoms with Gasteiger partial charge in [0.2, 0.25) is 0 Å². The highest BCUT2D eigenvalue weighted by atomic mass is 79.9. The van der Waals surface area contributed by atoms with Gasteiger partial charge in [0, 0.05) is 13.1 Å². The van der Waals surface area contributed by atoms with Crippen LogP contribution in [0.4, 0.5) is 5.82 Å². The van der Waals surface area contributed by atoms with Crippen LogP contribution in [0.15, 0.2) is 4.60 Å². The van der Waals surface area contributed by atoms with E-state index in [0.717, 1.165) is 25.3 Å². The smallest absolute Gasteiger partial charge is 0.344 e. The van der Waals surface area contributed by atoms with E-state index in [9.17, 15) is 4.79 Å². The lowest BCUT2D eigenvalue weighted by atomic mass is 10.3. The van der Waals surface area contributed by atoms with Crippen LogP contribution in [0.5, 0.6) is 0 Å². The second kappa shape index (κ2) is 4.22. The summed E-state index contributed by atoms with van der Waals surface area (Å²) >= 11 is 3.28. The normalized spacial score (nSPS) is 14.3. The predicted octanol–water partition coefficient (Wildman–Crippen LogP) is 1.64. The number of rotatable bonds is 2. The van der Waals surface area contributed by atoms with E-state index in [1.165, 1.54) is 0 Å². The molecule has 0 spiro atoms. The predicted molar refractivity (Wildman–Crippen MR) is 59.0 cm³/mol. The highest BCUT2D eigenvalue weighted by molar-refractivity contribution is 9.10. The zero-order valence-corrected chi connectivity index (χ0v) is 10.0. The van der Waals surface area contributed by atoms with Crippen molar-refractivity contribution in [3.05, 3.63) is 10.2 Å². The van der Waals surface area contributed by atoms with Crippen LogP contribution < -0.4 is 5.32 Å². The molecule has 0 radical (unpaired) electrons.